The number of ketones is 1. The molecule has 2 aromatic heterocycles. The standard InChI is InChI=1S/C10H6Br2O2S/c1-5-2-3-7(14-5)9(13)6-4-8(11)15-10(6)12/h2-4H,1H3. The van der Waals surface area contributed by atoms with Gasteiger partial charge in [-0.15, -0.1) is 11.3 Å². The van der Waals surface area contributed by atoms with E-state index in [1.807, 2.05) is 6.92 Å². The molecule has 0 aliphatic rings. The Bertz CT molecular complexity index is 513. The molecule has 0 unspecified atom stereocenters. The molecule has 0 N–H and O–H groups in total. The zero-order chi connectivity index (χ0) is 11.0. The molecule has 0 fully saturated rings. The maximum absolute atomic E-state index is 12.0. The molecule has 15 heavy (non-hydrogen) atoms. The Labute approximate surface area is 108 Å². The van der Waals surface area contributed by atoms with Gasteiger partial charge in [0.15, 0.2) is 5.76 Å². The van der Waals surface area contributed by atoms with E-state index in [-0.39, 0.29) is 5.78 Å². The van der Waals surface area contributed by atoms with Crippen molar-refractivity contribution in [3.8, 4) is 0 Å². The van der Waals surface area contributed by atoms with Gasteiger partial charge in [0.05, 0.1) is 13.1 Å². The van der Waals surface area contributed by atoms with Gasteiger partial charge < -0.3 is 4.42 Å². The van der Waals surface area contributed by atoms with E-state index >= 15 is 0 Å². The van der Waals surface area contributed by atoms with E-state index in [4.69, 9.17) is 4.42 Å². The van der Waals surface area contributed by atoms with E-state index in [2.05, 4.69) is 31.9 Å². The molecule has 0 aliphatic heterocycles. The Morgan fingerprint density at radius 2 is 2.13 bits per heavy atom. The van der Waals surface area contributed by atoms with Gasteiger partial charge in [-0.05, 0) is 57.0 Å². The summed E-state index contributed by atoms with van der Waals surface area (Å²) in [6.07, 6.45) is 0. The largest absolute Gasteiger partial charge is 0.458 e. The van der Waals surface area contributed by atoms with E-state index in [0.717, 1.165) is 13.3 Å². The summed E-state index contributed by atoms with van der Waals surface area (Å²) in [5.41, 5.74) is 0.626. The molecule has 2 rings (SSSR count). The summed E-state index contributed by atoms with van der Waals surface area (Å²) in [5.74, 6) is 1.01. The third-order valence-corrected chi connectivity index (χ3v) is 4.20. The van der Waals surface area contributed by atoms with Crippen LogP contribution in [0.2, 0.25) is 0 Å². The number of furan rings is 1. The molecule has 0 spiro atoms. The number of hydrogen-bond donors (Lipinski definition) is 0. The second kappa shape index (κ2) is 4.23. The van der Waals surface area contributed by atoms with Gasteiger partial charge in [-0.1, -0.05) is 0 Å². The first-order valence-electron chi connectivity index (χ1n) is 4.14. The quantitative estimate of drug-likeness (QED) is 0.752. The van der Waals surface area contributed by atoms with Gasteiger partial charge in [0, 0.05) is 0 Å². The summed E-state index contributed by atoms with van der Waals surface area (Å²) in [6.45, 7) is 1.81. The lowest BCUT2D eigenvalue weighted by molar-refractivity contribution is 0.101. The maximum atomic E-state index is 12.0. The molecule has 0 atom stereocenters. The molecular formula is C10H6Br2O2S. The van der Waals surface area contributed by atoms with Crippen molar-refractivity contribution < 1.29 is 9.21 Å². The molecule has 0 radical (unpaired) electrons. The average molecular weight is 350 g/mol. The van der Waals surface area contributed by atoms with Crippen molar-refractivity contribution in [2.24, 2.45) is 0 Å². The Morgan fingerprint density at radius 3 is 2.60 bits per heavy atom. The van der Waals surface area contributed by atoms with Crippen LogP contribution in [0.1, 0.15) is 21.9 Å². The number of carbonyl (C=O) groups is 1. The fraction of sp³-hybridized carbons (Fsp3) is 0.100. The summed E-state index contributed by atoms with van der Waals surface area (Å²) in [7, 11) is 0. The van der Waals surface area contributed by atoms with Crippen LogP contribution in [0.4, 0.5) is 0 Å². The minimum absolute atomic E-state index is 0.100. The van der Waals surface area contributed by atoms with E-state index in [1.165, 1.54) is 11.3 Å². The lowest BCUT2D eigenvalue weighted by Gasteiger charge is -1.93. The van der Waals surface area contributed by atoms with E-state index in [9.17, 15) is 4.79 Å². The van der Waals surface area contributed by atoms with Gasteiger partial charge in [0.25, 0.3) is 0 Å². The van der Waals surface area contributed by atoms with Crippen molar-refractivity contribution in [2.45, 2.75) is 6.92 Å². The third kappa shape index (κ3) is 2.24. The van der Waals surface area contributed by atoms with E-state index in [1.54, 1.807) is 18.2 Å². The molecule has 0 aliphatic carbocycles. The number of carbonyl (C=O) groups excluding carboxylic acids is 1. The molecule has 0 saturated carbocycles. The van der Waals surface area contributed by atoms with Crippen LogP contribution in [0.15, 0.2) is 30.2 Å². The van der Waals surface area contributed by atoms with Gasteiger partial charge >= 0.3 is 0 Å². The predicted molar refractivity (Wildman–Crippen MR) is 66.6 cm³/mol. The van der Waals surface area contributed by atoms with Crippen LogP contribution in [0.25, 0.3) is 0 Å². The zero-order valence-corrected chi connectivity index (χ0v) is 11.7. The van der Waals surface area contributed by atoms with Crippen molar-refractivity contribution >= 4 is 49.0 Å². The lowest BCUT2D eigenvalue weighted by atomic mass is 10.2. The maximum Gasteiger partial charge on any atom is 0.230 e. The van der Waals surface area contributed by atoms with E-state index in [0.29, 0.717) is 11.3 Å². The molecule has 78 valence electrons. The molecule has 0 amide bonds. The summed E-state index contributed by atoms with van der Waals surface area (Å²) in [4.78, 5) is 12.0. The van der Waals surface area contributed by atoms with Gasteiger partial charge in [-0.3, -0.25) is 4.79 Å². The number of thiophene rings is 1. The Kier molecular flexibility index (Phi) is 3.13. The third-order valence-electron chi connectivity index (χ3n) is 1.87. The van der Waals surface area contributed by atoms with Gasteiger partial charge in [0.1, 0.15) is 5.76 Å². The summed E-state index contributed by atoms with van der Waals surface area (Å²) in [5, 5.41) is 0. The van der Waals surface area contributed by atoms with Crippen molar-refractivity contribution in [1.29, 1.82) is 0 Å². The highest BCUT2D eigenvalue weighted by molar-refractivity contribution is 9.12. The molecule has 2 aromatic rings. The monoisotopic (exact) mass is 348 g/mol. The minimum Gasteiger partial charge on any atom is -0.458 e. The highest BCUT2D eigenvalue weighted by Crippen LogP contribution is 2.33. The van der Waals surface area contributed by atoms with Crippen LogP contribution in [0.5, 0.6) is 0 Å². The molecule has 0 bridgehead atoms. The average Bonchev–Trinajstić information content (AvgIpc) is 2.71. The first kappa shape index (κ1) is 11.1. The zero-order valence-electron chi connectivity index (χ0n) is 7.71. The molecule has 5 heteroatoms. The van der Waals surface area contributed by atoms with Crippen LogP contribution in [-0.2, 0) is 0 Å². The van der Waals surface area contributed by atoms with Crippen molar-refractivity contribution in [3.63, 3.8) is 0 Å². The van der Waals surface area contributed by atoms with Crippen molar-refractivity contribution in [2.75, 3.05) is 0 Å². The first-order valence-corrected chi connectivity index (χ1v) is 6.54. The highest BCUT2D eigenvalue weighted by Gasteiger charge is 2.18. The van der Waals surface area contributed by atoms with Gasteiger partial charge in [-0.2, -0.15) is 0 Å². The predicted octanol–water partition coefficient (Wildman–Crippen LogP) is 4.41. The van der Waals surface area contributed by atoms with Crippen LogP contribution >= 0.6 is 43.2 Å². The summed E-state index contributed by atoms with van der Waals surface area (Å²) in [6, 6.07) is 5.26. The number of rotatable bonds is 2. The van der Waals surface area contributed by atoms with Gasteiger partial charge in [0.2, 0.25) is 5.78 Å². The molecular weight excluding hydrogens is 344 g/mol. The number of halogens is 2. The topological polar surface area (TPSA) is 30.2 Å². The molecule has 2 nitrogen and oxygen atoms in total. The van der Waals surface area contributed by atoms with Crippen molar-refractivity contribution in [3.05, 3.63) is 42.9 Å². The normalized spacial score (nSPS) is 10.6. The minimum atomic E-state index is -0.100. The fourth-order valence-electron chi connectivity index (χ4n) is 1.18. The second-order valence-electron chi connectivity index (χ2n) is 2.98. The van der Waals surface area contributed by atoms with E-state index < -0.39 is 0 Å². The summed E-state index contributed by atoms with van der Waals surface area (Å²) >= 11 is 8.15. The Morgan fingerprint density at radius 1 is 1.40 bits per heavy atom. The number of aryl methyl sites for hydroxylation is 1. The fourth-order valence-corrected chi connectivity index (χ4v) is 3.98. The van der Waals surface area contributed by atoms with Gasteiger partial charge in [-0.25, -0.2) is 0 Å². The van der Waals surface area contributed by atoms with Crippen LogP contribution in [0, 0.1) is 6.92 Å². The smallest absolute Gasteiger partial charge is 0.230 e. The summed E-state index contributed by atoms with van der Waals surface area (Å²) < 4.78 is 7.01. The first-order chi connectivity index (χ1) is 7.08. The number of hydrogen-bond acceptors (Lipinski definition) is 3. The van der Waals surface area contributed by atoms with Crippen LogP contribution < -0.4 is 0 Å². The Balaban J connectivity index is 2.40. The second-order valence-corrected chi connectivity index (χ2v) is 6.73. The molecule has 0 aromatic carbocycles. The van der Waals surface area contributed by atoms with Crippen molar-refractivity contribution in [1.82, 2.24) is 0 Å². The van der Waals surface area contributed by atoms with Crippen LogP contribution in [0.3, 0.4) is 0 Å². The molecule has 0 saturated heterocycles. The van der Waals surface area contributed by atoms with Crippen LogP contribution in [-0.4, -0.2) is 5.78 Å². The Hall–Kier alpha value is -0.390. The lowest BCUT2D eigenvalue weighted by Crippen LogP contribution is -1.97. The SMILES string of the molecule is Cc1ccc(C(=O)c2cc(Br)sc2Br)o1. The highest BCUT2D eigenvalue weighted by atomic mass is 79.9. The molecule has 2 heterocycles.